The maximum absolute atomic E-state index is 4.08. The monoisotopic (exact) mass is 170 g/mol. The van der Waals surface area contributed by atoms with Crippen LogP contribution in [0.3, 0.4) is 0 Å². The van der Waals surface area contributed by atoms with E-state index < -0.39 is 0 Å². The molecule has 0 aliphatic rings. The predicted molar refractivity (Wildman–Crippen MR) is 56.4 cm³/mol. The first-order chi connectivity index (χ1) is 5.39. The first kappa shape index (κ1) is 13.2. The Morgan fingerprint density at radius 2 is 1.18 bits per heavy atom. The molecule has 0 fully saturated rings. The van der Waals surface area contributed by atoms with Gasteiger partial charge in [-0.25, -0.2) is 0 Å². The molecule has 64 valence electrons. The maximum atomic E-state index is 4.08. The van der Waals surface area contributed by atoms with Gasteiger partial charge in [-0.3, -0.25) is 0 Å². The van der Waals surface area contributed by atoms with Crippen LogP contribution in [0.5, 0.6) is 0 Å². The van der Waals surface area contributed by atoms with E-state index in [1.54, 1.807) is 0 Å². The highest BCUT2D eigenvalue weighted by Crippen LogP contribution is 2.00. The summed E-state index contributed by atoms with van der Waals surface area (Å²) in [5.41, 5.74) is 0. The summed E-state index contributed by atoms with van der Waals surface area (Å²) in [7, 11) is 0. The lowest BCUT2D eigenvalue weighted by Gasteiger charge is -1.81. The van der Waals surface area contributed by atoms with Crippen LogP contribution in [0, 0.1) is 0 Å². The van der Waals surface area contributed by atoms with E-state index in [1.807, 2.05) is 58.0 Å². The first-order valence-corrected chi connectivity index (χ1v) is 4.58. The van der Waals surface area contributed by atoms with Crippen molar-refractivity contribution in [2.45, 2.75) is 32.6 Å². The summed E-state index contributed by atoms with van der Waals surface area (Å²) >= 11 is 4.08. The normalized spacial score (nSPS) is 6.64. The number of hydrogen-bond donors (Lipinski definition) is 1. The summed E-state index contributed by atoms with van der Waals surface area (Å²) in [4.78, 5) is 1.02. The Hall–Kier alpha value is -0.430. The molecule has 0 atom stereocenters. The van der Waals surface area contributed by atoms with Crippen LogP contribution in [0.25, 0.3) is 0 Å². The summed E-state index contributed by atoms with van der Waals surface area (Å²) in [6, 6.07) is 9.79. The molecule has 11 heavy (non-hydrogen) atoms. The maximum Gasteiger partial charge on any atom is 0.00399 e. The summed E-state index contributed by atoms with van der Waals surface area (Å²) in [5, 5.41) is 0. The number of benzene rings is 1. The van der Waals surface area contributed by atoms with Crippen molar-refractivity contribution < 1.29 is 0 Å². The van der Waals surface area contributed by atoms with Crippen LogP contribution < -0.4 is 0 Å². The zero-order valence-corrected chi connectivity index (χ0v) is 8.73. The van der Waals surface area contributed by atoms with E-state index >= 15 is 0 Å². The second-order valence-electron chi connectivity index (χ2n) is 1.34. The summed E-state index contributed by atoms with van der Waals surface area (Å²) in [6.45, 7) is 8.00. The SMILES string of the molecule is CC.CC.Sc1ccccc1. The van der Waals surface area contributed by atoms with Gasteiger partial charge in [-0.15, -0.1) is 12.6 Å². The first-order valence-electron chi connectivity index (χ1n) is 4.13. The third-order valence-electron chi connectivity index (χ3n) is 0.756. The van der Waals surface area contributed by atoms with Crippen molar-refractivity contribution in [2.24, 2.45) is 0 Å². The van der Waals surface area contributed by atoms with Gasteiger partial charge < -0.3 is 0 Å². The number of thiol groups is 1. The summed E-state index contributed by atoms with van der Waals surface area (Å²) in [6.07, 6.45) is 0. The third kappa shape index (κ3) is 9.57. The fraction of sp³-hybridized carbons (Fsp3) is 0.400. The van der Waals surface area contributed by atoms with E-state index in [4.69, 9.17) is 0 Å². The standard InChI is InChI=1S/C6H6S.2C2H6/c7-6-4-2-1-3-5-6;2*1-2/h1-5,7H;2*1-2H3. The van der Waals surface area contributed by atoms with Crippen LogP contribution in [-0.2, 0) is 0 Å². The zero-order chi connectivity index (χ0) is 9.11. The molecule has 0 spiro atoms. The molecule has 0 amide bonds. The minimum atomic E-state index is 1.02. The van der Waals surface area contributed by atoms with E-state index in [-0.39, 0.29) is 0 Å². The van der Waals surface area contributed by atoms with Gasteiger partial charge in [0, 0.05) is 4.90 Å². The molecule has 0 aromatic heterocycles. The zero-order valence-electron chi connectivity index (χ0n) is 7.83. The Balaban J connectivity index is 0. The molecular weight excluding hydrogens is 152 g/mol. The Morgan fingerprint density at radius 3 is 1.36 bits per heavy atom. The van der Waals surface area contributed by atoms with Crippen molar-refractivity contribution in [2.75, 3.05) is 0 Å². The van der Waals surface area contributed by atoms with Gasteiger partial charge in [0.15, 0.2) is 0 Å². The Morgan fingerprint density at radius 1 is 0.818 bits per heavy atom. The molecule has 0 N–H and O–H groups in total. The van der Waals surface area contributed by atoms with E-state index in [2.05, 4.69) is 12.6 Å². The van der Waals surface area contributed by atoms with Crippen molar-refractivity contribution >= 4 is 12.6 Å². The molecule has 0 saturated carbocycles. The third-order valence-corrected chi connectivity index (χ3v) is 1.05. The second-order valence-corrected chi connectivity index (χ2v) is 1.85. The lowest BCUT2D eigenvalue weighted by Crippen LogP contribution is -1.56. The Kier molecular flexibility index (Phi) is 14.7. The molecule has 0 heterocycles. The predicted octanol–water partition coefficient (Wildman–Crippen LogP) is 4.03. The van der Waals surface area contributed by atoms with Gasteiger partial charge in [0.05, 0.1) is 0 Å². The van der Waals surface area contributed by atoms with Gasteiger partial charge in [-0.1, -0.05) is 45.9 Å². The Labute approximate surface area is 76.1 Å². The van der Waals surface area contributed by atoms with Crippen molar-refractivity contribution in [3.8, 4) is 0 Å². The van der Waals surface area contributed by atoms with Crippen LogP contribution in [0.4, 0.5) is 0 Å². The minimum absolute atomic E-state index is 1.02. The molecular formula is C10H18S. The molecule has 0 aliphatic carbocycles. The van der Waals surface area contributed by atoms with Crippen LogP contribution in [0.15, 0.2) is 35.2 Å². The highest BCUT2D eigenvalue weighted by molar-refractivity contribution is 7.80. The topological polar surface area (TPSA) is 0 Å². The van der Waals surface area contributed by atoms with Gasteiger partial charge >= 0.3 is 0 Å². The fourth-order valence-corrected chi connectivity index (χ4v) is 0.600. The van der Waals surface area contributed by atoms with Gasteiger partial charge in [0.1, 0.15) is 0 Å². The lowest BCUT2D eigenvalue weighted by atomic mass is 10.4. The van der Waals surface area contributed by atoms with Crippen molar-refractivity contribution in [3.63, 3.8) is 0 Å². The lowest BCUT2D eigenvalue weighted by molar-refractivity contribution is 1.48. The van der Waals surface area contributed by atoms with E-state index in [0.717, 1.165) is 4.90 Å². The molecule has 1 aromatic rings. The molecule has 0 saturated heterocycles. The van der Waals surface area contributed by atoms with Crippen LogP contribution in [-0.4, -0.2) is 0 Å². The van der Waals surface area contributed by atoms with Crippen molar-refractivity contribution in [3.05, 3.63) is 30.3 Å². The molecule has 1 rings (SSSR count). The van der Waals surface area contributed by atoms with Gasteiger partial charge in [0.25, 0.3) is 0 Å². The van der Waals surface area contributed by atoms with Crippen LogP contribution in [0.1, 0.15) is 27.7 Å². The van der Waals surface area contributed by atoms with Gasteiger partial charge in [-0.2, -0.15) is 0 Å². The summed E-state index contributed by atoms with van der Waals surface area (Å²) < 4.78 is 0. The highest BCUT2D eigenvalue weighted by atomic mass is 32.1. The molecule has 0 radical (unpaired) electrons. The molecule has 0 unspecified atom stereocenters. The van der Waals surface area contributed by atoms with Crippen molar-refractivity contribution in [1.29, 1.82) is 0 Å². The average molecular weight is 170 g/mol. The van der Waals surface area contributed by atoms with E-state index in [0.29, 0.717) is 0 Å². The fourth-order valence-electron chi connectivity index (χ4n) is 0.428. The molecule has 0 aliphatic heterocycles. The smallest absolute Gasteiger partial charge is 0.00399 e. The Bertz CT molecular complexity index is 135. The summed E-state index contributed by atoms with van der Waals surface area (Å²) in [5.74, 6) is 0. The van der Waals surface area contributed by atoms with Crippen LogP contribution >= 0.6 is 12.6 Å². The van der Waals surface area contributed by atoms with Gasteiger partial charge in [-0.05, 0) is 12.1 Å². The molecule has 0 bridgehead atoms. The van der Waals surface area contributed by atoms with Gasteiger partial charge in [0.2, 0.25) is 0 Å². The largest absolute Gasteiger partial charge is 0.143 e. The molecule has 0 nitrogen and oxygen atoms in total. The second kappa shape index (κ2) is 12.3. The van der Waals surface area contributed by atoms with E-state index in [1.165, 1.54) is 0 Å². The number of hydrogen-bond acceptors (Lipinski definition) is 1. The minimum Gasteiger partial charge on any atom is -0.143 e. The van der Waals surface area contributed by atoms with E-state index in [9.17, 15) is 0 Å². The number of rotatable bonds is 0. The quantitative estimate of drug-likeness (QED) is 0.558. The highest BCUT2D eigenvalue weighted by Gasteiger charge is 1.73. The van der Waals surface area contributed by atoms with Crippen molar-refractivity contribution in [1.82, 2.24) is 0 Å². The molecule has 1 aromatic carbocycles. The van der Waals surface area contributed by atoms with Crippen LogP contribution in [0.2, 0.25) is 0 Å². The molecule has 1 heteroatoms. The average Bonchev–Trinajstić information content (AvgIpc) is 2.13.